The molecule has 5 aliphatic rings. The van der Waals surface area contributed by atoms with E-state index in [1.54, 1.807) is 6.07 Å². The summed E-state index contributed by atoms with van der Waals surface area (Å²) in [5, 5.41) is 13.1. The van der Waals surface area contributed by atoms with Gasteiger partial charge in [0.2, 0.25) is 0 Å². The van der Waals surface area contributed by atoms with Crippen LogP contribution >= 0.6 is 0 Å². The third kappa shape index (κ3) is 3.86. The van der Waals surface area contributed by atoms with Crippen LogP contribution in [-0.2, 0) is 16.0 Å². The summed E-state index contributed by atoms with van der Waals surface area (Å²) in [6, 6.07) is 9.63. The van der Waals surface area contributed by atoms with Crippen LogP contribution in [0.5, 0.6) is 0 Å². The molecule has 5 fully saturated rings. The Labute approximate surface area is 195 Å². The highest BCUT2D eigenvalue weighted by atomic mass is 19.1. The lowest BCUT2D eigenvalue weighted by Crippen LogP contribution is -2.52. The number of piperidine rings is 1. The summed E-state index contributed by atoms with van der Waals surface area (Å²) < 4.78 is 20.5. The predicted octanol–water partition coefficient (Wildman–Crippen LogP) is 2.66. The van der Waals surface area contributed by atoms with Gasteiger partial charge in [-0.05, 0) is 62.1 Å². The predicted molar refractivity (Wildman–Crippen MR) is 122 cm³/mol. The lowest BCUT2D eigenvalue weighted by atomic mass is 9.88. The summed E-state index contributed by atoms with van der Waals surface area (Å²) in [6.07, 6.45) is 6.05. The van der Waals surface area contributed by atoms with Gasteiger partial charge in [-0.1, -0.05) is 6.07 Å². The molecule has 1 aromatic carbocycles. The molecule has 6 nitrogen and oxygen atoms in total. The van der Waals surface area contributed by atoms with Crippen LogP contribution in [0.1, 0.15) is 44.1 Å². The number of benzene rings is 1. The van der Waals surface area contributed by atoms with Gasteiger partial charge in [0.1, 0.15) is 5.82 Å². The van der Waals surface area contributed by atoms with Crippen LogP contribution in [0.15, 0.2) is 18.2 Å². The van der Waals surface area contributed by atoms with Crippen molar-refractivity contribution in [2.75, 3.05) is 31.2 Å². The summed E-state index contributed by atoms with van der Waals surface area (Å²) in [6.45, 7) is 3.72. The Kier molecular flexibility index (Phi) is 5.64. The Bertz CT molecular complexity index is 960. The van der Waals surface area contributed by atoms with Crippen LogP contribution in [0.4, 0.5) is 10.1 Å². The molecule has 1 aliphatic carbocycles. The van der Waals surface area contributed by atoms with Crippen molar-refractivity contribution in [2.45, 2.75) is 75.2 Å². The van der Waals surface area contributed by atoms with Gasteiger partial charge in [0, 0.05) is 43.3 Å². The monoisotopic (exact) mass is 452 g/mol. The van der Waals surface area contributed by atoms with Crippen LogP contribution in [0.25, 0.3) is 0 Å². The van der Waals surface area contributed by atoms with Crippen LogP contribution in [0.3, 0.4) is 0 Å². The topological polar surface area (TPSA) is 68.6 Å². The molecule has 4 saturated heterocycles. The highest BCUT2D eigenvalue weighted by Gasteiger charge is 2.46. The van der Waals surface area contributed by atoms with E-state index in [2.05, 4.69) is 21.2 Å². The smallest absolute Gasteiger partial charge is 0.151 e. The second kappa shape index (κ2) is 8.65. The average molecular weight is 453 g/mol. The third-order valence-electron chi connectivity index (χ3n) is 8.88. The minimum atomic E-state index is -0.483. The van der Waals surface area contributed by atoms with Crippen molar-refractivity contribution in [1.82, 2.24) is 10.2 Å². The molecule has 0 amide bonds. The van der Waals surface area contributed by atoms with E-state index in [0.29, 0.717) is 35.6 Å². The standard InChI is InChI=1S/C26H33FN4O2/c27-22-12-20(30-7-5-24-23(30)6-8-31(24)21-14-33-15-21)4-2-17(22)9-16(13-28)10-25(32)26-18-1-3-19(11-18)29-26/h2,4,12,16,18-19,21,23-24,26,29H,1,3,5-11,14-15H2/t16-,18+,19-,23?,24?,26+/m1/s1. The number of ether oxygens (including phenoxy) is 1. The van der Waals surface area contributed by atoms with Crippen molar-refractivity contribution in [3.05, 3.63) is 29.6 Å². The van der Waals surface area contributed by atoms with E-state index in [0.717, 1.165) is 64.1 Å². The van der Waals surface area contributed by atoms with Crippen LogP contribution in [-0.4, -0.2) is 67.2 Å². The molecule has 0 spiro atoms. The maximum Gasteiger partial charge on any atom is 0.151 e. The first-order chi connectivity index (χ1) is 16.1. The molecule has 0 radical (unpaired) electrons. The fraction of sp³-hybridized carbons (Fsp3) is 0.692. The van der Waals surface area contributed by atoms with Gasteiger partial charge < -0.3 is 15.0 Å². The summed E-state index contributed by atoms with van der Waals surface area (Å²) in [7, 11) is 0. The number of nitrogens with zero attached hydrogens (tertiary/aromatic N) is 3. The highest BCUT2D eigenvalue weighted by molar-refractivity contribution is 5.85. The van der Waals surface area contributed by atoms with Gasteiger partial charge in [0.15, 0.2) is 5.78 Å². The summed E-state index contributed by atoms with van der Waals surface area (Å²) in [5.41, 5.74) is 1.47. The Balaban J connectivity index is 1.09. The number of ketones is 1. The molecule has 1 aromatic rings. The zero-order valence-corrected chi connectivity index (χ0v) is 19.1. The third-order valence-corrected chi connectivity index (χ3v) is 8.88. The molecule has 2 unspecified atom stereocenters. The maximum absolute atomic E-state index is 15.1. The van der Waals surface area contributed by atoms with E-state index in [9.17, 15) is 10.1 Å². The molecule has 6 rings (SSSR count). The number of halogens is 1. The molecule has 33 heavy (non-hydrogen) atoms. The number of Topliss-reactive ketones (excluding diaryl/α,β-unsaturated/α-hetero) is 1. The second-order valence-corrected chi connectivity index (χ2v) is 10.7. The second-order valence-electron chi connectivity index (χ2n) is 10.7. The summed E-state index contributed by atoms with van der Waals surface area (Å²) >= 11 is 0. The number of nitrogens with one attached hydrogen (secondary N) is 1. The van der Waals surface area contributed by atoms with Crippen molar-refractivity contribution in [3.8, 4) is 6.07 Å². The molecule has 4 heterocycles. The van der Waals surface area contributed by atoms with Gasteiger partial charge >= 0.3 is 0 Å². The molecule has 1 N–H and O–H groups in total. The van der Waals surface area contributed by atoms with E-state index in [4.69, 9.17) is 4.74 Å². The van der Waals surface area contributed by atoms with Crippen molar-refractivity contribution in [3.63, 3.8) is 0 Å². The van der Waals surface area contributed by atoms with Gasteiger partial charge in [-0.3, -0.25) is 9.69 Å². The zero-order valence-electron chi connectivity index (χ0n) is 19.1. The fourth-order valence-corrected chi connectivity index (χ4v) is 7.10. The fourth-order valence-electron chi connectivity index (χ4n) is 7.10. The Hall–Kier alpha value is -2.01. The molecule has 4 aliphatic heterocycles. The first kappa shape index (κ1) is 21.5. The van der Waals surface area contributed by atoms with E-state index in [1.807, 2.05) is 12.1 Å². The lowest BCUT2D eigenvalue weighted by Gasteiger charge is -2.38. The Morgan fingerprint density at radius 1 is 1.21 bits per heavy atom. The minimum Gasteiger partial charge on any atom is -0.378 e. The van der Waals surface area contributed by atoms with Gasteiger partial charge in [-0.15, -0.1) is 0 Å². The average Bonchev–Trinajstić information content (AvgIpc) is 3.56. The SMILES string of the molecule is N#C[C@@H](CC(=O)[C@H]1N[C@@H]2CC[C@H]1C2)Cc1ccc(N2CCC3C2CCN3C2COC2)cc1F. The normalized spacial score (nSPS) is 34.3. The molecule has 7 heteroatoms. The number of carbonyl (C=O) groups excluding carboxylic acids is 1. The minimum absolute atomic E-state index is 0.104. The van der Waals surface area contributed by atoms with Crippen LogP contribution < -0.4 is 10.2 Å². The van der Waals surface area contributed by atoms with Crippen molar-refractivity contribution >= 4 is 11.5 Å². The first-order valence-electron chi connectivity index (χ1n) is 12.7. The number of anilines is 1. The summed E-state index contributed by atoms with van der Waals surface area (Å²) in [5.74, 6) is -0.200. The van der Waals surface area contributed by atoms with E-state index in [-0.39, 0.29) is 30.5 Å². The number of nitriles is 1. The largest absolute Gasteiger partial charge is 0.378 e. The Morgan fingerprint density at radius 2 is 2.06 bits per heavy atom. The van der Waals surface area contributed by atoms with Gasteiger partial charge in [0.05, 0.1) is 37.3 Å². The molecule has 0 aromatic heterocycles. The van der Waals surface area contributed by atoms with Crippen molar-refractivity contribution < 1.29 is 13.9 Å². The molecular weight excluding hydrogens is 419 g/mol. The van der Waals surface area contributed by atoms with Crippen molar-refractivity contribution in [2.24, 2.45) is 11.8 Å². The Morgan fingerprint density at radius 3 is 2.73 bits per heavy atom. The quantitative estimate of drug-likeness (QED) is 0.686. The maximum atomic E-state index is 15.1. The van der Waals surface area contributed by atoms with Crippen molar-refractivity contribution in [1.29, 1.82) is 5.26 Å². The van der Waals surface area contributed by atoms with Gasteiger partial charge in [0.25, 0.3) is 0 Å². The summed E-state index contributed by atoms with van der Waals surface area (Å²) in [4.78, 5) is 17.7. The number of fused-ring (bicyclic) bond motifs is 3. The number of hydrogen-bond acceptors (Lipinski definition) is 6. The van der Waals surface area contributed by atoms with Gasteiger partial charge in [-0.2, -0.15) is 5.26 Å². The van der Waals surface area contributed by atoms with E-state index >= 15 is 4.39 Å². The van der Waals surface area contributed by atoms with Crippen LogP contribution in [0, 0.1) is 29.0 Å². The lowest BCUT2D eigenvalue weighted by molar-refractivity contribution is -0.122. The first-order valence-corrected chi connectivity index (χ1v) is 12.7. The van der Waals surface area contributed by atoms with E-state index < -0.39 is 5.92 Å². The number of likely N-dealkylation sites (tertiary alicyclic amines) is 1. The molecule has 2 bridgehead atoms. The zero-order chi connectivity index (χ0) is 22.5. The molecule has 176 valence electrons. The highest BCUT2D eigenvalue weighted by Crippen LogP contribution is 2.38. The van der Waals surface area contributed by atoms with Gasteiger partial charge in [-0.25, -0.2) is 4.39 Å². The number of carbonyl (C=O) groups is 1. The molecular formula is C26H33FN4O2. The number of rotatable bonds is 7. The van der Waals surface area contributed by atoms with Crippen LogP contribution in [0.2, 0.25) is 0 Å². The molecule has 1 saturated carbocycles. The van der Waals surface area contributed by atoms with E-state index in [1.165, 1.54) is 0 Å². The molecule has 6 atom stereocenters. The number of hydrogen-bond donors (Lipinski definition) is 1.